The summed E-state index contributed by atoms with van der Waals surface area (Å²) in [5.41, 5.74) is 1.10. The van der Waals surface area contributed by atoms with E-state index in [-0.39, 0.29) is 36.1 Å². The van der Waals surface area contributed by atoms with Gasteiger partial charge in [-0.1, -0.05) is 0 Å². The topological polar surface area (TPSA) is 118 Å². The lowest BCUT2D eigenvalue weighted by molar-refractivity contribution is -0.149. The lowest BCUT2D eigenvalue weighted by Gasteiger charge is -2.36. The van der Waals surface area contributed by atoms with Crippen LogP contribution >= 0.6 is 0 Å². The number of hydrogen-bond donors (Lipinski definition) is 2. The van der Waals surface area contributed by atoms with Crippen LogP contribution in [-0.4, -0.2) is 78.4 Å². The Morgan fingerprint density at radius 1 is 1.30 bits per heavy atom. The number of urea groups is 1. The molecule has 1 unspecified atom stereocenters. The van der Waals surface area contributed by atoms with Gasteiger partial charge in [-0.3, -0.25) is 15.0 Å². The standard InChI is InChI=1S/C26H31F3N6O5/c1-14-9-19(23(36)31-15(2)26(27,28)29)32-22-21(14)34-8-7-16(11-34)35(22)24(37)33-20-6-5-17(10-30-20)38-12-18-13-39-25(3,4)40-18/h5-6,9-10,15-16,18H,7-8,11-13H2,1-4H3,(H,31,36)(H,30,33,37)/t15-,16?,18-/m1/s1. The number of nitrogens with zero attached hydrogens (tertiary/aromatic N) is 4. The predicted octanol–water partition coefficient (Wildman–Crippen LogP) is 3.63. The molecular formula is C26H31F3N6O5. The molecule has 3 atom stereocenters. The molecule has 14 heteroatoms. The van der Waals surface area contributed by atoms with Crippen molar-refractivity contribution in [3.05, 3.63) is 35.7 Å². The number of carbonyl (C=O) groups is 2. The van der Waals surface area contributed by atoms with Crippen LogP contribution in [0.5, 0.6) is 5.75 Å². The highest BCUT2D eigenvalue weighted by Crippen LogP contribution is 2.41. The van der Waals surface area contributed by atoms with Crippen molar-refractivity contribution in [2.75, 3.05) is 41.4 Å². The maximum Gasteiger partial charge on any atom is 0.408 e. The zero-order valence-corrected chi connectivity index (χ0v) is 22.5. The molecule has 2 N–H and O–H groups in total. The van der Waals surface area contributed by atoms with Gasteiger partial charge >= 0.3 is 12.2 Å². The van der Waals surface area contributed by atoms with Crippen LogP contribution in [-0.2, 0) is 9.47 Å². The van der Waals surface area contributed by atoms with Crippen LogP contribution < -0.4 is 25.2 Å². The molecule has 0 aromatic carbocycles. The highest BCUT2D eigenvalue weighted by molar-refractivity contribution is 6.05. The van der Waals surface area contributed by atoms with Gasteiger partial charge in [-0.05, 0) is 57.9 Å². The van der Waals surface area contributed by atoms with Gasteiger partial charge in [0.05, 0.1) is 24.5 Å². The van der Waals surface area contributed by atoms with Gasteiger partial charge in [-0.25, -0.2) is 14.8 Å². The van der Waals surface area contributed by atoms with Gasteiger partial charge in [0.1, 0.15) is 36.0 Å². The first kappa shape index (κ1) is 27.9. The lowest BCUT2D eigenvalue weighted by Crippen LogP contribution is -2.49. The third kappa shape index (κ3) is 5.77. The number of amides is 3. The quantitative estimate of drug-likeness (QED) is 0.546. The molecule has 2 aromatic rings. The number of pyridine rings is 2. The number of carbonyl (C=O) groups excluding carboxylic acids is 2. The molecule has 216 valence electrons. The van der Waals surface area contributed by atoms with Crippen molar-refractivity contribution in [2.45, 2.75) is 64.3 Å². The number of aryl methyl sites for hydroxylation is 1. The predicted molar refractivity (Wildman–Crippen MR) is 139 cm³/mol. The fraction of sp³-hybridized carbons (Fsp3) is 0.538. The third-order valence-electron chi connectivity index (χ3n) is 7.00. The molecule has 5 heterocycles. The second kappa shape index (κ2) is 10.4. The van der Waals surface area contributed by atoms with Gasteiger partial charge in [0, 0.05) is 13.1 Å². The molecule has 11 nitrogen and oxygen atoms in total. The van der Waals surface area contributed by atoms with Gasteiger partial charge in [0.2, 0.25) is 0 Å². The number of alkyl halides is 3. The smallest absolute Gasteiger partial charge is 0.408 e. The van der Waals surface area contributed by atoms with E-state index in [1.807, 2.05) is 19.2 Å². The summed E-state index contributed by atoms with van der Waals surface area (Å²) in [4.78, 5) is 38.3. The van der Waals surface area contributed by atoms with Crippen LogP contribution in [0.2, 0.25) is 0 Å². The SMILES string of the molecule is Cc1cc(C(=O)N[C@H](C)C(F)(F)F)nc2c1N1CCC(C1)N2C(=O)Nc1ccc(OC[C@@H]2COC(C)(C)O2)cn1. The zero-order valence-electron chi connectivity index (χ0n) is 22.5. The summed E-state index contributed by atoms with van der Waals surface area (Å²) in [7, 11) is 0. The fourth-order valence-electron chi connectivity index (χ4n) is 5.01. The molecule has 0 aliphatic carbocycles. The maximum atomic E-state index is 13.5. The average molecular weight is 565 g/mol. The van der Waals surface area contributed by atoms with E-state index in [0.717, 1.165) is 6.92 Å². The van der Waals surface area contributed by atoms with Gasteiger partial charge in [-0.2, -0.15) is 13.2 Å². The van der Waals surface area contributed by atoms with Crippen LogP contribution in [0.4, 0.5) is 35.3 Å². The van der Waals surface area contributed by atoms with E-state index in [9.17, 15) is 22.8 Å². The lowest BCUT2D eigenvalue weighted by atomic mass is 10.1. The van der Waals surface area contributed by atoms with Gasteiger partial charge in [0.25, 0.3) is 5.91 Å². The van der Waals surface area contributed by atoms with Crippen LogP contribution in [0.15, 0.2) is 24.4 Å². The highest BCUT2D eigenvalue weighted by atomic mass is 19.4. The third-order valence-corrected chi connectivity index (χ3v) is 7.00. The molecule has 0 spiro atoms. The molecule has 3 aliphatic rings. The molecule has 3 aliphatic heterocycles. The molecule has 0 saturated carbocycles. The largest absolute Gasteiger partial charge is 0.489 e. The van der Waals surface area contributed by atoms with Crippen LogP contribution in [0.3, 0.4) is 0 Å². The number of ether oxygens (including phenoxy) is 3. The summed E-state index contributed by atoms with van der Waals surface area (Å²) in [5.74, 6) is -0.645. The normalized spacial score (nSPS) is 22.1. The number of anilines is 3. The average Bonchev–Trinajstić information content (AvgIpc) is 3.45. The first-order valence-electron chi connectivity index (χ1n) is 13.0. The fourth-order valence-corrected chi connectivity index (χ4v) is 5.01. The molecule has 3 amide bonds. The zero-order chi connectivity index (χ0) is 28.8. The van der Waals surface area contributed by atoms with E-state index in [4.69, 9.17) is 14.2 Å². The Morgan fingerprint density at radius 2 is 2.08 bits per heavy atom. The minimum absolute atomic E-state index is 0.202. The number of aromatic nitrogens is 2. The molecule has 2 aromatic heterocycles. The number of hydrogen-bond acceptors (Lipinski definition) is 8. The van der Waals surface area contributed by atoms with Crippen LogP contribution in [0.1, 0.15) is 43.2 Å². The Morgan fingerprint density at radius 3 is 2.73 bits per heavy atom. The number of halogens is 3. The molecule has 2 saturated heterocycles. The van der Waals surface area contributed by atoms with Gasteiger partial charge < -0.3 is 24.4 Å². The Kier molecular flexibility index (Phi) is 7.25. The Hall–Kier alpha value is -3.65. The number of nitrogens with one attached hydrogen (secondary N) is 2. The van der Waals surface area contributed by atoms with E-state index in [1.165, 1.54) is 17.2 Å². The number of rotatable bonds is 6. The summed E-state index contributed by atoms with van der Waals surface area (Å²) < 4.78 is 56.0. The minimum Gasteiger partial charge on any atom is -0.489 e. The van der Waals surface area contributed by atoms with Crippen molar-refractivity contribution < 1.29 is 37.0 Å². The molecule has 2 fully saturated rings. The molecule has 40 heavy (non-hydrogen) atoms. The first-order chi connectivity index (χ1) is 18.8. The van der Waals surface area contributed by atoms with E-state index in [0.29, 0.717) is 43.1 Å². The van der Waals surface area contributed by atoms with Crippen LogP contribution in [0.25, 0.3) is 0 Å². The first-order valence-corrected chi connectivity index (χ1v) is 13.0. The molecule has 0 radical (unpaired) electrons. The molecule has 2 bridgehead atoms. The highest BCUT2D eigenvalue weighted by Gasteiger charge is 2.42. The van der Waals surface area contributed by atoms with E-state index >= 15 is 0 Å². The van der Waals surface area contributed by atoms with Crippen molar-refractivity contribution in [1.29, 1.82) is 0 Å². The summed E-state index contributed by atoms with van der Waals surface area (Å²) in [5, 5.41) is 4.69. The Balaban J connectivity index is 1.30. The Bertz CT molecular complexity index is 1290. The van der Waals surface area contributed by atoms with E-state index in [1.54, 1.807) is 19.1 Å². The summed E-state index contributed by atoms with van der Waals surface area (Å²) in [6.07, 6.45) is -2.66. The van der Waals surface area contributed by atoms with Crippen LogP contribution in [0, 0.1) is 6.92 Å². The second-order valence-corrected chi connectivity index (χ2v) is 10.6. The second-order valence-electron chi connectivity index (χ2n) is 10.6. The van der Waals surface area contributed by atoms with E-state index < -0.39 is 29.9 Å². The van der Waals surface area contributed by atoms with Crippen molar-refractivity contribution in [1.82, 2.24) is 15.3 Å². The number of fused-ring (bicyclic) bond motifs is 4. The van der Waals surface area contributed by atoms with Crippen molar-refractivity contribution in [3.63, 3.8) is 0 Å². The van der Waals surface area contributed by atoms with Gasteiger partial charge in [0.15, 0.2) is 11.6 Å². The Labute approximate surface area is 229 Å². The maximum absolute atomic E-state index is 13.5. The van der Waals surface area contributed by atoms with Crippen molar-refractivity contribution in [3.8, 4) is 5.75 Å². The van der Waals surface area contributed by atoms with Gasteiger partial charge in [-0.15, -0.1) is 0 Å². The molecular weight excluding hydrogens is 533 g/mol. The molecule has 5 rings (SSSR count). The minimum atomic E-state index is -4.60. The van der Waals surface area contributed by atoms with Crippen molar-refractivity contribution in [2.24, 2.45) is 0 Å². The van der Waals surface area contributed by atoms with Crippen molar-refractivity contribution >= 4 is 29.3 Å². The summed E-state index contributed by atoms with van der Waals surface area (Å²) in [6, 6.07) is 1.90. The summed E-state index contributed by atoms with van der Waals surface area (Å²) >= 11 is 0. The monoisotopic (exact) mass is 564 g/mol. The van der Waals surface area contributed by atoms with E-state index in [2.05, 4.69) is 20.2 Å². The summed E-state index contributed by atoms with van der Waals surface area (Å²) in [6.45, 7) is 8.21.